The first-order valence-corrected chi connectivity index (χ1v) is 5.85. The van der Waals surface area contributed by atoms with Crippen molar-refractivity contribution in [3.63, 3.8) is 0 Å². The molecule has 0 amide bonds. The number of hydrogen-bond acceptors (Lipinski definition) is 8. The van der Waals surface area contributed by atoms with E-state index in [1.54, 1.807) is 0 Å². The first-order valence-electron chi connectivity index (χ1n) is 5.85. The Morgan fingerprint density at radius 2 is 1.30 bits per heavy atom. The highest BCUT2D eigenvalue weighted by molar-refractivity contribution is 6.15. The van der Waals surface area contributed by atoms with E-state index in [1.807, 2.05) is 0 Å². The molecular weight excluding hydrogens is 272 g/mol. The molecule has 1 aliphatic heterocycles. The zero-order valence-corrected chi connectivity index (χ0v) is 11.4. The fraction of sp³-hybridized carbons (Fsp3) is 0.667. The summed E-state index contributed by atoms with van der Waals surface area (Å²) in [6, 6.07) is 0. The average Bonchev–Trinajstić information content (AvgIpc) is 3.05. The molecule has 0 aromatic heterocycles. The van der Waals surface area contributed by atoms with Gasteiger partial charge >= 0.3 is 23.9 Å². The maximum absolute atomic E-state index is 12.1. The second-order valence-electron chi connectivity index (χ2n) is 5.05. The number of esters is 4. The third-order valence-electron chi connectivity index (χ3n) is 3.47. The lowest BCUT2D eigenvalue weighted by Gasteiger charge is -2.33. The first kappa shape index (κ1) is 14.3. The summed E-state index contributed by atoms with van der Waals surface area (Å²) in [6.07, 6.45) is 0. The van der Waals surface area contributed by atoms with Crippen molar-refractivity contribution in [1.82, 2.24) is 0 Å². The van der Waals surface area contributed by atoms with E-state index >= 15 is 0 Å². The van der Waals surface area contributed by atoms with Crippen LogP contribution in [0.5, 0.6) is 0 Å². The smallest absolute Gasteiger partial charge is 0.328 e. The van der Waals surface area contributed by atoms with Crippen LogP contribution in [-0.4, -0.2) is 43.9 Å². The summed E-state index contributed by atoms with van der Waals surface area (Å²) in [6.45, 7) is 2.75. The number of carbonyl (C=O) groups is 4. The molecular formula is C12H14O8. The average molecular weight is 286 g/mol. The van der Waals surface area contributed by atoms with Gasteiger partial charge in [0, 0.05) is 13.8 Å². The zero-order chi connectivity index (χ0) is 15.3. The summed E-state index contributed by atoms with van der Waals surface area (Å²) < 4.78 is 19.0. The summed E-state index contributed by atoms with van der Waals surface area (Å²) >= 11 is 0. The Labute approximate surface area is 114 Å². The van der Waals surface area contributed by atoms with Gasteiger partial charge in [-0.3, -0.25) is 19.2 Å². The maximum Gasteiger partial charge on any atom is 0.328 e. The van der Waals surface area contributed by atoms with Crippen molar-refractivity contribution in [2.45, 2.75) is 19.6 Å². The van der Waals surface area contributed by atoms with Gasteiger partial charge in [0.1, 0.15) is 0 Å². The van der Waals surface area contributed by atoms with Crippen LogP contribution in [0, 0.1) is 17.3 Å². The second-order valence-corrected chi connectivity index (χ2v) is 5.05. The summed E-state index contributed by atoms with van der Waals surface area (Å²) in [7, 11) is 2.18. The molecule has 0 aromatic carbocycles. The quantitative estimate of drug-likeness (QED) is 0.376. The van der Waals surface area contributed by atoms with Gasteiger partial charge in [-0.05, 0) is 0 Å². The van der Waals surface area contributed by atoms with E-state index in [4.69, 9.17) is 9.47 Å². The molecule has 1 heterocycles. The van der Waals surface area contributed by atoms with Gasteiger partial charge in [-0.25, -0.2) is 0 Å². The van der Waals surface area contributed by atoms with Crippen molar-refractivity contribution in [1.29, 1.82) is 0 Å². The monoisotopic (exact) mass is 286 g/mol. The molecule has 1 saturated carbocycles. The molecule has 20 heavy (non-hydrogen) atoms. The molecule has 2 fully saturated rings. The molecule has 0 bridgehead atoms. The van der Waals surface area contributed by atoms with Crippen molar-refractivity contribution in [2.24, 2.45) is 17.3 Å². The second kappa shape index (κ2) is 4.19. The van der Waals surface area contributed by atoms with Crippen molar-refractivity contribution in [3.8, 4) is 0 Å². The van der Waals surface area contributed by atoms with Gasteiger partial charge in [0.25, 0.3) is 5.79 Å². The Morgan fingerprint density at radius 1 is 0.950 bits per heavy atom. The lowest BCUT2D eigenvalue weighted by atomic mass is 10.0. The van der Waals surface area contributed by atoms with Gasteiger partial charge in [0.15, 0.2) is 5.41 Å². The number of cyclic esters (lactones) is 2. The minimum absolute atomic E-state index is 0.867. The standard InChI is InChI=1S/C12H14O8/c1-11(2)19-9(15)12(10(16)20-11)5(7(13)17-3)6(12)8(14)18-4/h5-6H,1-4H3/t5-,6-/m1/s1. The van der Waals surface area contributed by atoms with E-state index in [0.29, 0.717) is 0 Å². The van der Waals surface area contributed by atoms with Crippen molar-refractivity contribution < 1.29 is 38.1 Å². The van der Waals surface area contributed by atoms with Gasteiger partial charge in [0.05, 0.1) is 26.1 Å². The minimum atomic E-state index is -1.99. The molecule has 8 heteroatoms. The molecule has 0 unspecified atom stereocenters. The van der Waals surface area contributed by atoms with E-state index in [-0.39, 0.29) is 0 Å². The third-order valence-corrected chi connectivity index (χ3v) is 3.47. The predicted octanol–water partition coefficient (Wildman–Crippen LogP) is -0.599. The Hall–Kier alpha value is -2.12. The number of hydrogen-bond donors (Lipinski definition) is 0. The van der Waals surface area contributed by atoms with Gasteiger partial charge in [-0.1, -0.05) is 0 Å². The van der Waals surface area contributed by atoms with Gasteiger partial charge in [-0.15, -0.1) is 0 Å². The van der Waals surface area contributed by atoms with Crippen LogP contribution in [0.25, 0.3) is 0 Å². The lowest BCUT2D eigenvalue weighted by molar-refractivity contribution is -0.245. The van der Waals surface area contributed by atoms with Crippen LogP contribution in [-0.2, 0) is 38.1 Å². The SMILES string of the molecule is COC(=O)[C@H]1[C@H](C(=O)OC)C12C(=O)OC(C)(C)OC2=O. The molecule has 2 aliphatic rings. The molecule has 0 aromatic rings. The normalized spacial score (nSPS) is 29.2. The Balaban J connectivity index is 2.42. The van der Waals surface area contributed by atoms with Crippen LogP contribution in [0.15, 0.2) is 0 Å². The molecule has 8 nitrogen and oxygen atoms in total. The molecule has 2 rings (SSSR count). The molecule has 1 saturated heterocycles. The lowest BCUT2D eigenvalue weighted by Crippen LogP contribution is -2.50. The summed E-state index contributed by atoms with van der Waals surface area (Å²) in [5.41, 5.74) is -1.99. The third kappa shape index (κ3) is 1.67. The zero-order valence-electron chi connectivity index (χ0n) is 11.4. The van der Waals surface area contributed by atoms with Crippen LogP contribution in [0.3, 0.4) is 0 Å². The number of ether oxygens (including phenoxy) is 4. The van der Waals surface area contributed by atoms with Crippen molar-refractivity contribution in [3.05, 3.63) is 0 Å². The van der Waals surface area contributed by atoms with Crippen molar-refractivity contribution >= 4 is 23.9 Å². The topological polar surface area (TPSA) is 105 Å². The van der Waals surface area contributed by atoms with Crippen LogP contribution in [0.1, 0.15) is 13.8 Å². The highest BCUT2D eigenvalue weighted by Crippen LogP contribution is 2.63. The fourth-order valence-corrected chi connectivity index (χ4v) is 2.51. The van der Waals surface area contributed by atoms with E-state index in [9.17, 15) is 19.2 Å². The Morgan fingerprint density at radius 3 is 1.60 bits per heavy atom. The summed E-state index contributed by atoms with van der Waals surface area (Å²) in [5.74, 6) is -7.70. The molecule has 1 aliphatic carbocycles. The van der Waals surface area contributed by atoms with E-state index in [0.717, 1.165) is 14.2 Å². The molecule has 1 spiro atoms. The molecule has 110 valence electrons. The van der Waals surface area contributed by atoms with E-state index in [2.05, 4.69) is 9.47 Å². The van der Waals surface area contributed by atoms with Crippen LogP contribution >= 0.6 is 0 Å². The van der Waals surface area contributed by atoms with Gasteiger partial charge < -0.3 is 18.9 Å². The highest BCUT2D eigenvalue weighted by Gasteiger charge is 2.85. The van der Waals surface area contributed by atoms with Crippen LogP contribution in [0.2, 0.25) is 0 Å². The van der Waals surface area contributed by atoms with Crippen LogP contribution < -0.4 is 0 Å². The molecule has 0 N–H and O–H groups in total. The first-order chi connectivity index (χ1) is 9.22. The highest BCUT2D eigenvalue weighted by atomic mass is 16.7. The number of rotatable bonds is 2. The maximum atomic E-state index is 12.1. The summed E-state index contributed by atoms with van der Waals surface area (Å²) in [5, 5.41) is 0. The summed E-state index contributed by atoms with van der Waals surface area (Å²) in [4.78, 5) is 47.6. The van der Waals surface area contributed by atoms with Gasteiger partial charge in [-0.2, -0.15) is 0 Å². The van der Waals surface area contributed by atoms with Gasteiger partial charge in [0.2, 0.25) is 0 Å². The van der Waals surface area contributed by atoms with E-state index in [1.165, 1.54) is 13.8 Å². The fourth-order valence-electron chi connectivity index (χ4n) is 2.51. The largest absolute Gasteiger partial charge is 0.469 e. The number of methoxy groups -OCH3 is 2. The predicted molar refractivity (Wildman–Crippen MR) is 59.7 cm³/mol. The molecule has 2 atom stereocenters. The Kier molecular flexibility index (Phi) is 2.99. The van der Waals surface area contributed by atoms with E-state index < -0.39 is 46.9 Å². The minimum Gasteiger partial charge on any atom is -0.469 e. The number of carbonyl (C=O) groups excluding carboxylic acids is 4. The van der Waals surface area contributed by atoms with Crippen LogP contribution in [0.4, 0.5) is 0 Å². The van der Waals surface area contributed by atoms with Crippen molar-refractivity contribution in [2.75, 3.05) is 14.2 Å². The molecule has 0 radical (unpaired) electrons. The Bertz CT molecular complexity index is 462.